The van der Waals surface area contributed by atoms with Crippen molar-refractivity contribution < 1.29 is 17.9 Å². The number of hydrogen-bond donors (Lipinski definition) is 1. The van der Waals surface area contributed by atoms with Crippen molar-refractivity contribution in [2.75, 3.05) is 23.7 Å². The minimum atomic E-state index is -3.55. The van der Waals surface area contributed by atoms with Gasteiger partial charge in [0.1, 0.15) is 12.3 Å². The molecule has 0 spiro atoms. The van der Waals surface area contributed by atoms with Crippen LogP contribution in [-0.4, -0.2) is 39.8 Å². The molecule has 7 heteroatoms. The van der Waals surface area contributed by atoms with E-state index in [1.54, 1.807) is 24.3 Å². The molecule has 0 aliphatic heterocycles. The summed E-state index contributed by atoms with van der Waals surface area (Å²) in [5, 5.41) is 3.04. The molecule has 1 aromatic carbocycles. The molecule has 138 valence electrons. The number of fused-ring (bicyclic) bond motifs is 2. The Kier molecular flexibility index (Phi) is 5.22. The van der Waals surface area contributed by atoms with E-state index in [0.717, 1.165) is 22.9 Å². The highest BCUT2D eigenvalue weighted by atomic mass is 32.2. The number of sulfonamides is 1. The van der Waals surface area contributed by atoms with Crippen molar-refractivity contribution in [1.29, 1.82) is 0 Å². The monoisotopic (exact) mass is 366 g/mol. The number of nitrogens with one attached hydrogen (secondary N) is 1. The number of ether oxygens (including phenoxy) is 1. The van der Waals surface area contributed by atoms with Crippen molar-refractivity contribution in [2.45, 2.75) is 38.6 Å². The Balaban J connectivity index is 1.67. The first-order chi connectivity index (χ1) is 11.9. The van der Waals surface area contributed by atoms with Crippen molar-refractivity contribution in [3.63, 3.8) is 0 Å². The lowest BCUT2D eigenvalue weighted by atomic mass is 9.95. The van der Waals surface area contributed by atoms with Gasteiger partial charge < -0.3 is 10.1 Å². The molecule has 0 aromatic heterocycles. The summed E-state index contributed by atoms with van der Waals surface area (Å²) >= 11 is 0. The van der Waals surface area contributed by atoms with Crippen LogP contribution in [0.4, 0.5) is 5.69 Å². The van der Waals surface area contributed by atoms with E-state index < -0.39 is 10.0 Å². The van der Waals surface area contributed by atoms with Crippen molar-refractivity contribution >= 4 is 21.6 Å². The summed E-state index contributed by atoms with van der Waals surface area (Å²) in [4.78, 5) is 12.4. The Morgan fingerprint density at radius 1 is 1.24 bits per heavy atom. The number of nitrogens with zero attached hydrogens (tertiary/aromatic N) is 1. The van der Waals surface area contributed by atoms with Gasteiger partial charge in [0.15, 0.2) is 0 Å². The zero-order valence-corrected chi connectivity index (χ0v) is 15.6. The third kappa shape index (κ3) is 4.26. The topological polar surface area (TPSA) is 75.7 Å². The van der Waals surface area contributed by atoms with Crippen LogP contribution >= 0.6 is 0 Å². The Hall–Kier alpha value is -1.76. The minimum absolute atomic E-state index is 0.194. The number of benzene rings is 1. The minimum Gasteiger partial charge on any atom is -0.494 e. The van der Waals surface area contributed by atoms with E-state index in [0.29, 0.717) is 24.0 Å². The van der Waals surface area contributed by atoms with E-state index in [1.807, 2.05) is 6.92 Å². The largest absolute Gasteiger partial charge is 0.494 e. The molecule has 1 aromatic rings. The summed E-state index contributed by atoms with van der Waals surface area (Å²) in [5.41, 5.74) is 0.467. The molecule has 0 heterocycles. The lowest BCUT2D eigenvalue weighted by molar-refractivity contribution is -0.120. The lowest BCUT2D eigenvalue weighted by Crippen LogP contribution is -2.45. The Morgan fingerprint density at radius 3 is 2.48 bits per heavy atom. The standard InChI is InChI=1S/C18H26N2O4S/c1-3-24-16-8-6-15(7-9-16)20(25(2,22)23)12-18(21)19-17-11-13-4-5-14(17)10-13/h6-9,13-14,17H,3-5,10-12H2,1-2H3,(H,19,21)/t13-,14-,17+/m0/s1. The molecule has 1 N–H and O–H groups in total. The Bertz CT molecular complexity index is 717. The van der Waals surface area contributed by atoms with Crippen LogP contribution in [0.1, 0.15) is 32.6 Å². The second kappa shape index (κ2) is 7.23. The van der Waals surface area contributed by atoms with Crippen molar-refractivity contribution in [2.24, 2.45) is 11.8 Å². The van der Waals surface area contributed by atoms with Gasteiger partial charge >= 0.3 is 0 Å². The quantitative estimate of drug-likeness (QED) is 0.802. The fraction of sp³-hybridized carbons (Fsp3) is 0.611. The van der Waals surface area contributed by atoms with E-state index in [9.17, 15) is 13.2 Å². The van der Waals surface area contributed by atoms with E-state index in [4.69, 9.17) is 4.74 Å². The average Bonchev–Trinajstić information content (AvgIpc) is 3.15. The van der Waals surface area contributed by atoms with Gasteiger partial charge in [0.05, 0.1) is 18.6 Å². The molecule has 2 fully saturated rings. The molecule has 2 aliphatic rings. The molecule has 3 rings (SSSR count). The molecule has 3 atom stereocenters. The predicted molar refractivity (Wildman–Crippen MR) is 97.2 cm³/mol. The Morgan fingerprint density at radius 2 is 1.96 bits per heavy atom. The van der Waals surface area contributed by atoms with E-state index in [-0.39, 0.29) is 18.5 Å². The van der Waals surface area contributed by atoms with E-state index in [2.05, 4.69) is 5.32 Å². The van der Waals surface area contributed by atoms with Crippen LogP contribution in [0.25, 0.3) is 0 Å². The Labute approximate surface area is 149 Å². The van der Waals surface area contributed by atoms with Gasteiger partial charge in [0.25, 0.3) is 0 Å². The summed E-state index contributed by atoms with van der Waals surface area (Å²) in [6.45, 7) is 2.23. The third-order valence-corrected chi connectivity index (χ3v) is 6.35. The molecule has 0 saturated heterocycles. The maximum Gasteiger partial charge on any atom is 0.241 e. The van der Waals surface area contributed by atoms with Gasteiger partial charge in [-0.15, -0.1) is 0 Å². The molecule has 2 bridgehead atoms. The molecule has 1 amide bonds. The van der Waals surface area contributed by atoms with Crippen molar-refractivity contribution in [3.05, 3.63) is 24.3 Å². The number of carbonyl (C=O) groups is 1. The van der Waals surface area contributed by atoms with Gasteiger partial charge in [-0.05, 0) is 62.3 Å². The molecule has 25 heavy (non-hydrogen) atoms. The van der Waals surface area contributed by atoms with Gasteiger partial charge in [0, 0.05) is 6.04 Å². The first kappa shape index (κ1) is 18.0. The molecular weight excluding hydrogens is 340 g/mol. The summed E-state index contributed by atoms with van der Waals surface area (Å²) in [6, 6.07) is 6.96. The van der Waals surface area contributed by atoms with Crippen LogP contribution in [0.3, 0.4) is 0 Å². The highest BCUT2D eigenvalue weighted by molar-refractivity contribution is 7.92. The number of amides is 1. The second-order valence-corrected chi connectivity index (χ2v) is 8.95. The fourth-order valence-electron chi connectivity index (χ4n) is 4.08. The average molecular weight is 366 g/mol. The van der Waals surface area contributed by atoms with Gasteiger partial charge in [0.2, 0.25) is 15.9 Å². The predicted octanol–water partition coefficient (Wildman–Crippen LogP) is 2.16. The van der Waals surface area contributed by atoms with Crippen molar-refractivity contribution in [3.8, 4) is 5.75 Å². The third-order valence-electron chi connectivity index (χ3n) is 5.21. The number of anilines is 1. The summed E-state index contributed by atoms with van der Waals surface area (Å²) in [6.07, 6.45) is 5.77. The van der Waals surface area contributed by atoms with Crippen molar-refractivity contribution in [1.82, 2.24) is 5.32 Å². The molecular formula is C18H26N2O4S. The summed E-state index contributed by atoms with van der Waals surface area (Å²) in [7, 11) is -3.55. The van der Waals surface area contributed by atoms with E-state index in [1.165, 1.54) is 19.3 Å². The smallest absolute Gasteiger partial charge is 0.241 e. The van der Waals surface area contributed by atoms with Gasteiger partial charge in [-0.1, -0.05) is 6.42 Å². The van der Waals surface area contributed by atoms with Crippen LogP contribution < -0.4 is 14.4 Å². The first-order valence-electron chi connectivity index (χ1n) is 8.86. The summed E-state index contributed by atoms with van der Waals surface area (Å²) < 4.78 is 30.8. The van der Waals surface area contributed by atoms with E-state index >= 15 is 0 Å². The molecule has 0 radical (unpaired) electrons. The van der Waals surface area contributed by atoms with Gasteiger partial charge in [-0.25, -0.2) is 8.42 Å². The lowest BCUT2D eigenvalue weighted by Gasteiger charge is -2.26. The normalized spacial score (nSPS) is 25.0. The number of rotatable bonds is 7. The van der Waals surface area contributed by atoms with Crippen LogP contribution in [0.2, 0.25) is 0 Å². The van der Waals surface area contributed by atoms with Gasteiger partial charge in [-0.3, -0.25) is 9.10 Å². The maximum absolute atomic E-state index is 12.4. The zero-order valence-electron chi connectivity index (χ0n) is 14.8. The maximum atomic E-state index is 12.4. The highest BCUT2D eigenvalue weighted by Crippen LogP contribution is 2.44. The number of carbonyl (C=O) groups excluding carboxylic acids is 1. The highest BCUT2D eigenvalue weighted by Gasteiger charge is 2.40. The molecule has 2 aliphatic carbocycles. The SMILES string of the molecule is CCOc1ccc(N(CC(=O)N[C@@H]2C[C@H]3CC[C@H]2C3)S(C)(=O)=O)cc1. The second-order valence-electron chi connectivity index (χ2n) is 7.05. The van der Waals surface area contributed by atoms with Crippen LogP contribution in [0.15, 0.2) is 24.3 Å². The molecule has 2 saturated carbocycles. The zero-order chi connectivity index (χ0) is 18.0. The van der Waals surface area contributed by atoms with Crippen LogP contribution in [0.5, 0.6) is 5.75 Å². The first-order valence-corrected chi connectivity index (χ1v) is 10.7. The molecule has 0 unspecified atom stereocenters. The van der Waals surface area contributed by atoms with Crippen LogP contribution in [0, 0.1) is 11.8 Å². The van der Waals surface area contributed by atoms with Crippen LogP contribution in [-0.2, 0) is 14.8 Å². The molecule has 6 nitrogen and oxygen atoms in total. The number of hydrogen-bond acceptors (Lipinski definition) is 4. The summed E-state index contributed by atoms with van der Waals surface area (Å²) in [5.74, 6) is 1.72. The fourth-order valence-corrected chi connectivity index (χ4v) is 4.94. The van der Waals surface area contributed by atoms with Gasteiger partial charge in [-0.2, -0.15) is 0 Å².